The summed E-state index contributed by atoms with van der Waals surface area (Å²) in [4.78, 5) is 11.4. The van der Waals surface area contributed by atoms with Crippen molar-refractivity contribution in [1.29, 1.82) is 0 Å². The van der Waals surface area contributed by atoms with Crippen LogP contribution in [-0.2, 0) is 10.0 Å². The number of benzene rings is 1. The van der Waals surface area contributed by atoms with Crippen molar-refractivity contribution >= 4 is 15.9 Å². The Morgan fingerprint density at radius 1 is 1.44 bits per heavy atom. The minimum Gasteiger partial charge on any atom is -0.508 e. The van der Waals surface area contributed by atoms with E-state index in [-0.39, 0.29) is 23.6 Å². The van der Waals surface area contributed by atoms with Gasteiger partial charge in [-0.1, -0.05) is 6.07 Å². The molecule has 0 aliphatic heterocycles. The summed E-state index contributed by atoms with van der Waals surface area (Å²) in [5.74, 6) is -0.809. The fourth-order valence-electron chi connectivity index (χ4n) is 1.06. The second kappa shape index (κ2) is 4.95. The van der Waals surface area contributed by atoms with Crippen molar-refractivity contribution in [2.45, 2.75) is 0 Å². The van der Waals surface area contributed by atoms with E-state index in [1.54, 1.807) is 0 Å². The zero-order valence-corrected chi connectivity index (χ0v) is 9.20. The quantitative estimate of drug-likeness (QED) is 0.657. The van der Waals surface area contributed by atoms with Crippen LogP contribution in [0, 0.1) is 0 Å². The number of rotatable bonds is 4. The van der Waals surface area contributed by atoms with Crippen LogP contribution in [0.5, 0.6) is 5.75 Å². The van der Waals surface area contributed by atoms with E-state index in [9.17, 15) is 13.2 Å². The number of sulfonamides is 1. The molecule has 88 valence electrons. The van der Waals surface area contributed by atoms with Crippen LogP contribution in [0.1, 0.15) is 10.4 Å². The molecule has 0 spiro atoms. The fraction of sp³-hybridized carbons (Fsp3) is 0.222. The van der Waals surface area contributed by atoms with Gasteiger partial charge in [0.2, 0.25) is 10.0 Å². The maximum absolute atomic E-state index is 11.4. The number of phenolic OH excluding ortho intramolecular Hbond substituents is 1. The highest BCUT2D eigenvalue weighted by Gasteiger charge is 2.07. The van der Waals surface area contributed by atoms with Gasteiger partial charge in [-0.25, -0.2) is 13.6 Å². The number of aromatic hydroxyl groups is 1. The Balaban J connectivity index is 2.54. The van der Waals surface area contributed by atoms with Gasteiger partial charge in [0.1, 0.15) is 5.75 Å². The van der Waals surface area contributed by atoms with E-state index in [0.717, 1.165) is 0 Å². The van der Waals surface area contributed by atoms with Crippen LogP contribution in [0.4, 0.5) is 0 Å². The van der Waals surface area contributed by atoms with Gasteiger partial charge in [-0.2, -0.15) is 0 Å². The first kappa shape index (κ1) is 12.5. The molecule has 0 atom stereocenters. The molecule has 0 bridgehead atoms. The van der Waals surface area contributed by atoms with E-state index in [1.165, 1.54) is 24.3 Å². The van der Waals surface area contributed by atoms with E-state index >= 15 is 0 Å². The predicted molar refractivity (Wildman–Crippen MR) is 58.4 cm³/mol. The molecule has 0 aromatic heterocycles. The van der Waals surface area contributed by atoms with Crippen LogP contribution in [0.3, 0.4) is 0 Å². The Hall–Kier alpha value is -1.60. The molecule has 0 aliphatic rings. The van der Waals surface area contributed by atoms with E-state index in [4.69, 9.17) is 10.2 Å². The van der Waals surface area contributed by atoms with Crippen LogP contribution in [0.25, 0.3) is 0 Å². The third kappa shape index (κ3) is 4.28. The van der Waals surface area contributed by atoms with Gasteiger partial charge in [-0.3, -0.25) is 4.79 Å². The molecule has 0 fully saturated rings. The molecule has 1 aromatic rings. The van der Waals surface area contributed by atoms with Gasteiger partial charge in [0.15, 0.2) is 0 Å². The number of nitrogens with one attached hydrogen (secondary N) is 1. The van der Waals surface area contributed by atoms with E-state index < -0.39 is 15.9 Å². The number of primary sulfonamides is 1. The Bertz CT molecular complexity index is 484. The molecule has 0 heterocycles. The van der Waals surface area contributed by atoms with Gasteiger partial charge in [-0.15, -0.1) is 0 Å². The summed E-state index contributed by atoms with van der Waals surface area (Å²) < 4.78 is 21.2. The molecule has 4 N–H and O–H groups in total. The average Bonchev–Trinajstić information content (AvgIpc) is 2.15. The monoisotopic (exact) mass is 244 g/mol. The maximum atomic E-state index is 11.4. The van der Waals surface area contributed by atoms with Crippen LogP contribution < -0.4 is 10.5 Å². The van der Waals surface area contributed by atoms with Crippen molar-refractivity contribution < 1.29 is 18.3 Å². The van der Waals surface area contributed by atoms with Crippen molar-refractivity contribution in [2.75, 3.05) is 12.3 Å². The number of amides is 1. The molecule has 16 heavy (non-hydrogen) atoms. The standard InChI is InChI=1S/C9H12N2O4S/c10-16(14,15)5-4-11-9(13)7-2-1-3-8(12)6-7/h1-3,6,12H,4-5H2,(H,11,13)(H2,10,14,15). The first-order chi connectivity index (χ1) is 7.38. The molecular formula is C9H12N2O4S. The Labute approximate surface area is 93.1 Å². The summed E-state index contributed by atoms with van der Waals surface area (Å²) >= 11 is 0. The molecule has 1 amide bonds. The van der Waals surface area contributed by atoms with E-state index in [0.29, 0.717) is 0 Å². The molecule has 0 radical (unpaired) electrons. The van der Waals surface area contributed by atoms with Gasteiger partial charge in [0.05, 0.1) is 5.75 Å². The van der Waals surface area contributed by atoms with Crippen molar-refractivity contribution in [3.05, 3.63) is 29.8 Å². The smallest absolute Gasteiger partial charge is 0.251 e. The predicted octanol–water partition coefficient (Wildman–Crippen LogP) is -0.589. The normalized spacial score (nSPS) is 11.1. The summed E-state index contributed by atoms with van der Waals surface area (Å²) in [7, 11) is -3.57. The van der Waals surface area contributed by atoms with Crippen molar-refractivity contribution in [3.8, 4) is 5.75 Å². The van der Waals surface area contributed by atoms with Crippen molar-refractivity contribution in [3.63, 3.8) is 0 Å². The van der Waals surface area contributed by atoms with E-state index in [2.05, 4.69) is 5.32 Å². The number of hydrogen-bond donors (Lipinski definition) is 3. The van der Waals surface area contributed by atoms with Gasteiger partial charge in [0.25, 0.3) is 5.91 Å². The van der Waals surface area contributed by atoms with Crippen LogP contribution >= 0.6 is 0 Å². The molecule has 0 saturated heterocycles. The number of carbonyl (C=O) groups is 1. The second-order valence-corrected chi connectivity index (χ2v) is 4.91. The number of nitrogens with two attached hydrogens (primary N) is 1. The van der Waals surface area contributed by atoms with Gasteiger partial charge in [0, 0.05) is 12.1 Å². The van der Waals surface area contributed by atoms with Crippen LogP contribution in [0.15, 0.2) is 24.3 Å². The molecular weight excluding hydrogens is 232 g/mol. The summed E-state index contributed by atoms with van der Waals surface area (Å²) in [5, 5.41) is 16.3. The largest absolute Gasteiger partial charge is 0.508 e. The Morgan fingerprint density at radius 3 is 2.69 bits per heavy atom. The second-order valence-electron chi connectivity index (χ2n) is 3.17. The minimum atomic E-state index is -3.57. The molecule has 0 saturated carbocycles. The SMILES string of the molecule is NS(=O)(=O)CCNC(=O)c1cccc(O)c1. The van der Waals surface area contributed by atoms with Crippen molar-refractivity contribution in [2.24, 2.45) is 5.14 Å². The molecule has 0 aliphatic carbocycles. The lowest BCUT2D eigenvalue weighted by Crippen LogP contribution is -2.31. The molecule has 6 nitrogen and oxygen atoms in total. The fourth-order valence-corrected chi connectivity index (χ4v) is 1.44. The summed E-state index contributed by atoms with van der Waals surface area (Å²) in [6, 6.07) is 5.74. The third-order valence-electron chi connectivity index (χ3n) is 1.78. The van der Waals surface area contributed by atoms with Crippen molar-refractivity contribution in [1.82, 2.24) is 5.32 Å². The summed E-state index contributed by atoms with van der Waals surface area (Å²) in [6.07, 6.45) is 0. The number of carbonyl (C=O) groups excluding carboxylic acids is 1. The van der Waals surface area contributed by atoms with Crippen LogP contribution in [0.2, 0.25) is 0 Å². The summed E-state index contributed by atoms with van der Waals surface area (Å²) in [6.45, 7) is -0.0622. The highest BCUT2D eigenvalue weighted by molar-refractivity contribution is 7.89. The summed E-state index contributed by atoms with van der Waals surface area (Å²) in [5.41, 5.74) is 0.259. The highest BCUT2D eigenvalue weighted by atomic mass is 32.2. The van der Waals surface area contributed by atoms with E-state index in [1.807, 2.05) is 0 Å². The van der Waals surface area contributed by atoms with Crippen LogP contribution in [-0.4, -0.2) is 31.7 Å². The topological polar surface area (TPSA) is 109 Å². The molecule has 1 rings (SSSR count). The lowest BCUT2D eigenvalue weighted by atomic mass is 10.2. The number of hydrogen-bond acceptors (Lipinski definition) is 4. The zero-order valence-electron chi connectivity index (χ0n) is 8.38. The number of phenols is 1. The lowest BCUT2D eigenvalue weighted by molar-refractivity contribution is 0.0955. The molecule has 0 unspecified atom stereocenters. The first-order valence-electron chi connectivity index (χ1n) is 4.46. The minimum absolute atomic E-state index is 0.0286. The zero-order chi connectivity index (χ0) is 12.2. The Morgan fingerprint density at radius 2 is 2.12 bits per heavy atom. The lowest BCUT2D eigenvalue weighted by Gasteiger charge is -2.04. The third-order valence-corrected chi connectivity index (χ3v) is 2.55. The van der Waals surface area contributed by atoms with Gasteiger partial charge >= 0.3 is 0 Å². The molecule has 7 heteroatoms. The van der Waals surface area contributed by atoms with Gasteiger partial charge < -0.3 is 10.4 Å². The van der Waals surface area contributed by atoms with Gasteiger partial charge in [-0.05, 0) is 18.2 Å². The Kier molecular flexibility index (Phi) is 3.86. The molecule has 1 aromatic carbocycles. The maximum Gasteiger partial charge on any atom is 0.251 e. The first-order valence-corrected chi connectivity index (χ1v) is 6.18. The highest BCUT2D eigenvalue weighted by Crippen LogP contribution is 2.10. The average molecular weight is 244 g/mol.